The van der Waals surface area contributed by atoms with Crippen LogP contribution in [0.25, 0.3) is 0 Å². The molecule has 0 unspecified atom stereocenters. The number of likely N-dealkylation sites (tertiary alicyclic amines) is 1. The van der Waals surface area contributed by atoms with Gasteiger partial charge in [0.25, 0.3) is 5.91 Å². The molecule has 0 aromatic heterocycles. The predicted octanol–water partition coefficient (Wildman–Crippen LogP) is 2.96. The molecule has 1 aliphatic heterocycles. The molecule has 0 spiro atoms. The first-order chi connectivity index (χ1) is 9.11. The molecular formula is C15H21BrN2O. The first-order valence-electron chi connectivity index (χ1n) is 6.87. The maximum absolute atomic E-state index is 12.5. The van der Waals surface area contributed by atoms with E-state index in [0.29, 0.717) is 5.92 Å². The van der Waals surface area contributed by atoms with Crippen molar-refractivity contribution >= 4 is 21.8 Å². The van der Waals surface area contributed by atoms with E-state index in [1.807, 2.05) is 30.0 Å². The molecule has 1 aromatic rings. The van der Waals surface area contributed by atoms with Gasteiger partial charge in [0, 0.05) is 17.6 Å². The van der Waals surface area contributed by atoms with Crippen molar-refractivity contribution < 1.29 is 4.79 Å². The van der Waals surface area contributed by atoms with Crippen molar-refractivity contribution in [2.75, 3.05) is 19.6 Å². The van der Waals surface area contributed by atoms with Gasteiger partial charge in [0.1, 0.15) is 0 Å². The van der Waals surface area contributed by atoms with Gasteiger partial charge in [0.15, 0.2) is 0 Å². The van der Waals surface area contributed by atoms with Crippen molar-refractivity contribution in [3.63, 3.8) is 0 Å². The summed E-state index contributed by atoms with van der Waals surface area (Å²) >= 11 is 3.47. The highest BCUT2D eigenvalue weighted by atomic mass is 79.9. The molecule has 4 heteroatoms. The molecule has 1 heterocycles. The lowest BCUT2D eigenvalue weighted by molar-refractivity contribution is 0.0687. The molecule has 0 radical (unpaired) electrons. The summed E-state index contributed by atoms with van der Waals surface area (Å²) in [6.07, 6.45) is 3.23. The van der Waals surface area contributed by atoms with Gasteiger partial charge in [-0.1, -0.05) is 11.6 Å². The molecular weight excluding hydrogens is 304 g/mol. The van der Waals surface area contributed by atoms with Crippen LogP contribution in [-0.2, 0) is 0 Å². The summed E-state index contributed by atoms with van der Waals surface area (Å²) in [7, 11) is 0. The topological polar surface area (TPSA) is 46.3 Å². The quantitative estimate of drug-likeness (QED) is 0.929. The molecule has 0 bridgehead atoms. The Bertz CT molecular complexity index is 453. The standard InChI is InChI=1S/C15H21BrN2O/c1-11-2-3-14(16)13(10-11)15(19)18-8-5-12(4-7-17)6-9-18/h2-3,10,12H,4-9,17H2,1H3. The molecule has 1 aliphatic rings. The van der Waals surface area contributed by atoms with Crippen LogP contribution in [0.2, 0.25) is 0 Å². The first kappa shape index (κ1) is 14.5. The molecule has 104 valence electrons. The Kier molecular flexibility index (Phi) is 4.99. The summed E-state index contributed by atoms with van der Waals surface area (Å²) in [4.78, 5) is 14.5. The summed E-state index contributed by atoms with van der Waals surface area (Å²) in [6, 6.07) is 5.91. The minimum Gasteiger partial charge on any atom is -0.339 e. The number of piperidine rings is 1. The number of benzene rings is 1. The van der Waals surface area contributed by atoms with Gasteiger partial charge < -0.3 is 10.6 Å². The summed E-state index contributed by atoms with van der Waals surface area (Å²) < 4.78 is 0.882. The Balaban J connectivity index is 2.03. The Labute approximate surface area is 123 Å². The normalized spacial score (nSPS) is 16.7. The van der Waals surface area contributed by atoms with Crippen LogP contribution in [0.1, 0.15) is 35.2 Å². The Morgan fingerprint density at radius 2 is 2.11 bits per heavy atom. The van der Waals surface area contributed by atoms with Gasteiger partial charge >= 0.3 is 0 Å². The van der Waals surface area contributed by atoms with E-state index in [9.17, 15) is 4.79 Å². The molecule has 3 nitrogen and oxygen atoms in total. The van der Waals surface area contributed by atoms with Crippen molar-refractivity contribution in [3.05, 3.63) is 33.8 Å². The third kappa shape index (κ3) is 3.57. The molecule has 1 amide bonds. The van der Waals surface area contributed by atoms with Gasteiger partial charge in [0.2, 0.25) is 0 Å². The second-order valence-corrected chi connectivity index (χ2v) is 6.15. The number of carbonyl (C=O) groups excluding carboxylic acids is 1. The molecule has 1 fully saturated rings. The highest BCUT2D eigenvalue weighted by molar-refractivity contribution is 9.10. The van der Waals surface area contributed by atoms with Crippen LogP contribution in [0, 0.1) is 12.8 Å². The number of hydrogen-bond donors (Lipinski definition) is 1. The number of amides is 1. The van der Waals surface area contributed by atoms with E-state index in [1.54, 1.807) is 0 Å². The van der Waals surface area contributed by atoms with Gasteiger partial charge in [-0.15, -0.1) is 0 Å². The van der Waals surface area contributed by atoms with E-state index < -0.39 is 0 Å². The number of rotatable bonds is 3. The minimum atomic E-state index is 0.141. The van der Waals surface area contributed by atoms with Crippen molar-refractivity contribution in [2.24, 2.45) is 11.7 Å². The van der Waals surface area contributed by atoms with E-state index in [4.69, 9.17) is 5.73 Å². The summed E-state index contributed by atoms with van der Waals surface area (Å²) in [5.74, 6) is 0.830. The number of carbonyl (C=O) groups is 1. The average Bonchev–Trinajstić information content (AvgIpc) is 2.42. The lowest BCUT2D eigenvalue weighted by Gasteiger charge is -2.32. The highest BCUT2D eigenvalue weighted by Crippen LogP contribution is 2.24. The molecule has 2 rings (SSSR count). The van der Waals surface area contributed by atoms with Crippen LogP contribution in [0.4, 0.5) is 0 Å². The smallest absolute Gasteiger partial charge is 0.255 e. The lowest BCUT2D eigenvalue weighted by atomic mass is 9.93. The second-order valence-electron chi connectivity index (χ2n) is 5.30. The van der Waals surface area contributed by atoms with Crippen molar-refractivity contribution in [2.45, 2.75) is 26.2 Å². The first-order valence-corrected chi connectivity index (χ1v) is 7.66. The van der Waals surface area contributed by atoms with Crippen LogP contribution >= 0.6 is 15.9 Å². The van der Waals surface area contributed by atoms with E-state index in [1.165, 1.54) is 0 Å². The number of aryl methyl sites for hydroxylation is 1. The SMILES string of the molecule is Cc1ccc(Br)c(C(=O)N2CCC(CCN)CC2)c1. The zero-order chi connectivity index (χ0) is 13.8. The highest BCUT2D eigenvalue weighted by Gasteiger charge is 2.24. The van der Waals surface area contributed by atoms with Crippen LogP contribution in [0.3, 0.4) is 0 Å². The second kappa shape index (κ2) is 6.53. The maximum Gasteiger partial charge on any atom is 0.255 e. The fourth-order valence-corrected chi connectivity index (χ4v) is 3.05. The third-order valence-corrected chi connectivity index (χ3v) is 4.52. The average molecular weight is 325 g/mol. The van der Waals surface area contributed by atoms with Crippen LogP contribution < -0.4 is 5.73 Å². The number of nitrogens with zero attached hydrogens (tertiary/aromatic N) is 1. The van der Waals surface area contributed by atoms with Gasteiger partial charge in [-0.25, -0.2) is 0 Å². The summed E-state index contributed by atoms with van der Waals surface area (Å²) in [5.41, 5.74) is 7.49. The fourth-order valence-electron chi connectivity index (χ4n) is 2.63. The predicted molar refractivity (Wildman–Crippen MR) is 81.2 cm³/mol. The Hall–Kier alpha value is -0.870. The van der Waals surface area contributed by atoms with Crippen LogP contribution in [0.5, 0.6) is 0 Å². The number of nitrogens with two attached hydrogens (primary N) is 1. The van der Waals surface area contributed by atoms with E-state index in [2.05, 4.69) is 15.9 Å². The number of halogens is 1. The van der Waals surface area contributed by atoms with Crippen molar-refractivity contribution in [3.8, 4) is 0 Å². The summed E-state index contributed by atoms with van der Waals surface area (Å²) in [6.45, 7) is 4.46. The van der Waals surface area contributed by atoms with Crippen LogP contribution in [-0.4, -0.2) is 30.4 Å². The van der Waals surface area contributed by atoms with Gasteiger partial charge in [-0.05, 0) is 66.7 Å². The monoisotopic (exact) mass is 324 g/mol. The Morgan fingerprint density at radius 1 is 1.42 bits per heavy atom. The molecule has 0 saturated carbocycles. The zero-order valence-corrected chi connectivity index (χ0v) is 12.9. The van der Waals surface area contributed by atoms with E-state index in [-0.39, 0.29) is 5.91 Å². The molecule has 0 aliphatic carbocycles. The van der Waals surface area contributed by atoms with E-state index >= 15 is 0 Å². The van der Waals surface area contributed by atoms with Crippen molar-refractivity contribution in [1.29, 1.82) is 0 Å². The molecule has 19 heavy (non-hydrogen) atoms. The lowest BCUT2D eigenvalue weighted by Crippen LogP contribution is -2.39. The van der Waals surface area contributed by atoms with Crippen LogP contribution in [0.15, 0.2) is 22.7 Å². The minimum absolute atomic E-state index is 0.141. The third-order valence-electron chi connectivity index (χ3n) is 3.83. The van der Waals surface area contributed by atoms with Gasteiger partial charge in [0.05, 0.1) is 5.56 Å². The van der Waals surface area contributed by atoms with E-state index in [0.717, 1.165) is 54.5 Å². The Morgan fingerprint density at radius 3 is 2.74 bits per heavy atom. The fraction of sp³-hybridized carbons (Fsp3) is 0.533. The zero-order valence-electron chi connectivity index (χ0n) is 11.4. The largest absolute Gasteiger partial charge is 0.339 e. The molecule has 0 atom stereocenters. The molecule has 1 saturated heterocycles. The summed E-state index contributed by atoms with van der Waals surface area (Å²) in [5, 5.41) is 0. The molecule has 1 aromatic carbocycles. The maximum atomic E-state index is 12.5. The number of hydrogen-bond acceptors (Lipinski definition) is 2. The van der Waals surface area contributed by atoms with Crippen molar-refractivity contribution in [1.82, 2.24) is 4.90 Å². The molecule has 2 N–H and O–H groups in total. The van der Waals surface area contributed by atoms with Gasteiger partial charge in [-0.2, -0.15) is 0 Å². The van der Waals surface area contributed by atoms with Gasteiger partial charge in [-0.3, -0.25) is 4.79 Å².